The summed E-state index contributed by atoms with van der Waals surface area (Å²) in [7, 11) is 0. The third kappa shape index (κ3) is 7.97. The first-order valence-electron chi connectivity index (χ1n) is 22.4. The van der Waals surface area contributed by atoms with E-state index in [1.807, 2.05) is 47.2 Å². The van der Waals surface area contributed by atoms with Crippen LogP contribution >= 0.6 is 0 Å². The first kappa shape index (κ1) is 42.7. The van der Waals surface area contributed by atoms with Crippen molar-refractivity contribution in [3.8, 4) is 28.4 Å². The van der Waals surface area contributed by atoms with Gasteiger partial charge in [-0.25, -0.2) is 9.37 Å². The fourth-order valence-electron chi connectivity index (χ4n) is 8.64. The van der Waals surface area contributed by atoms with Crippen molar-refractivity contribution >= 4 is 50.6 Å². The lowest BCUT2D eigenvalue weighted by atomic mass is 9.80. The Balaban J connectivity index is 1.19. The highest BCUT2D eigenvalue weighted by Gasteiger charge is 2.40. The van der Waals surface area contributed by atoms with Crippen LogP contribution in [0.4, 0.5) is 27.1 Å². The Morgan fingerprint density at radius 3 is 1.81 bits per heavy atom. The van der Waals surface area contributed by atoms with Gasteiger partial charge in [0.25, 0.3) is 5.69 Å². The van der Waals surface area contributed by atoms with Gasteiger partial charge in [0, 0.05) is 47.3 Å². The van der Waals surface area contributed by atoms with E-state index in [0.29, 0.717) is 11.5 Å². The second-order valence-corrected chi connectivity index (χ2v) is 21.5. The van der Waals surface area contributed by atoms with Gasteiger partial charge in [-0.3, -0.25) is 4.57 Å². The van der Waals surface area contributed by atoms with E-state index in [0.717, 1.165) is 67.1 Å². The Kier molecular flexibility index (Phi) is 10.2. The molecule has 322 valence electrons. The van der Waals surface area contributed by atoms with E-state index in [1.54, 1.807) is 6.07 Å². The summed E-state index contributed by atoms with van der Waals surface area (Å²) in [5.41, 5.74) is 12.8. The smallest absolute Gasteiger partial charge is 0.457 e. The second kappa shape index (κ2) is 15.3. The van der Waals surface area contributed by atoms with Crippen LogP contribution in [0.2, 0.25) is 0 Å². The van der Waals surface area contributed by atoms with E-state index in [1.165, 1.54) is 22.8 Å². The molecule has 0 fully saturated rings. The first-order valence-corrected chi connectivity index (χ1v) is 22.4. The fraction of sp³-hybridized carbons (Fsp3) is 0.276. The molecule has 0 spiro atoms. The Bertz CT molecular complexity index is 3190. The SMILES string of the molecule is CC(C)(C)c1cccc(-c2cccc3c2[N+](c2cc(C(C)(C)C)cc(C(C)(C)C)c2)=C=[N+]3c2cccc(Oc3ccc4c5ccc(F)cc5n(-c5cc(C(C)(C)C)ccn5)c4c3)c2)c1. The number of para-hydroxylation sites is 1. The Morgan fingerprint density at radius 1 is 0.516 bits per heavy atom. The van der Waals surface area contributed by atoms with Gasteiger partial charge in [0.1, 0.15) is 23.1 Å². The first-order chi connectivity index (χ1) is 30.1. The van der Waals surface area contributed by atoms with Crippen molar-refractivity contribution in [1.29, 1.82) is 0 Å². The predicted octanol–water partition coefficient (Wildman–Crippen LogP) is 15.8. The maximum Gasteiger partial charge on any atom is 0.503 e. The third-order valence-corrected chi connectivity index (χ3v) is 12.5. The zero-order valence-electron chi connectivity index (χ0n) is 39.4. The molecule has 0 atom stereocenters. The van der Waals surface area contributed by atoms with Crippen LogP contribution in [0, 0.1) is 5.82 Å². The average molecular weight is 847 g/mol. The number of pyridine rings is 1. The maximum atomic E-state index is 14.9. The molecule has 2 aromatic heterocycles. The highest BCUT2D eigenvalue weighted by atomic mass is 19.1. The summed E-state index contributed by atoms with van der Waals surface area (Å²) in [5.74, 6) is 1.77. The minimum absolute atomic E-state index is 0.00569. The average Bonchev–Trinajstić information content (AvgIpc) is 3.78. The maximum absolute atomic E-state index is 14.9. The molecule has 0 unspecified atom stereocenters. The van der Waals surface area contributed by atoms with Crippen LogP contribution in [0.1, 0.15) is 105 Å². The van der Waals surface area contributed by atoms with Crippen molar-refractivity contribution in [2.45, 2.75) is 105 Å². The van der Waals surface area contributed by atoms with Gasteiger partial charge < -0.3 is 4.74 Å². The molecule has 0 amide bonds. The summed E-state index contributed by atoms with van der Waals surface area (Å²) in [6, 6.07) is 49.8. The summed E-state index contributed by atoms with van der Waals surface area (Å²) in [6.45, 7) is 27.0. The molecule has 1 aliphatic rings. The van der Waals surface area contributed by atoms with Crippen molar-refractivity contribution in [2.75, 3.05) is 0 Å². The molecule has 3 heterocycles. The monoisotopic (exact) mass is 846 g/mol. The number of hydrogen-bond donors (Lipinski definition) is 0. The number of hydrogen-bond acceptors (Lipinski definition) is 2. The lowest BCUT2D eigenvalue weighted by molar-refractivity contribution is 0.483. The highest BCUT2D eigenvalue weighted by Crippen LogP contribution is 2.46. The second-order valence-electron chi connectivity index (χ2n) is 21.5. The van der Waals surface area contributed by atoms with Crippen LogP contribution in [0.15, 0.2) is 140 Å². The highest BCUT2D eigenvalue weighted by molar-refractivity contribution is 6.09. The van der Waals surface area contributed by atoms with Gasteiger partial charge in [-0.05, 0) is 113 Å². The van der Waals surface area contributed by atoms with Crippen LogP contribution in [-0.4, -0.2) is 15.6 Å². The molecule has 64 heavy (non-hydrogen) atoms. The molecular weight excluding hydrogens is 788 g/mol. The lowest BCUT2D eigenvalue weighted by Gasteiger charge is -2.24. The lowest BCUT2D eigenvalue weighted by Crippen LogP contribution is -2.17. The summed E-state index contributed by atoms with van der Waals surface area (Å²) < 4.78 is 28.1. The predicted molar refractivity (Wildman–Crippen MR) is 266 cm³/mol. The number of fused-ring (bicyclic) bond motifs is 4. The van der Waals surface area contributed by atoms with Crippen LogP contribution in [-0.2, 0) is 21.7 Å². The van der Waals surface area contributed by atoms with Gasteiger partial charge in [0.2, 0.25) is 11.4 Å². The molecule has 6 aromatic carbocycles. The Hall–Kier alpha value is -6.62. The molecule has 0 saturated heterocycles. The zero-order valence-corrected chi connectivity index (χ0v) is 39.4. The van der Waals surface area contributed by atoms with Gasteiger partial charge in [0.15, 0.2) is 0 Å². The van der Waals surface area contributed by atoms with Crippen molar-refractivity contribution in [3.63, 3.8) is 0 Å². The summed E-state index contributed by atoms with van der Waals surface area (Å²) in [4.78, 5) is 4.80. The number of halogens is 1. The van der Waals surface area contributed by atoms with Crippen LogP contribution in [0.25, 0.3) is 38.8 Å². The molecule has 0 aliphatic carbocycles. The molecule has 5 nitrogen and oxygen atoms in total. The number of aromatic nitrogens is 2. The van der Waals surface area contributed by atoms with Crippen molar-refractivity contribution in [1.82, 2.24) is 18.7 Å². The molecular formula is C58H59FN4O+2. The normalized spacial score (nSPS) is 13.3. The topological polar surface area (TPSA) is 33.1 Å². The van der Waals surface area contributed by atoms with Gasteiger partial charge in [0.05, 0.1) is 22.7 Å². The molecule has 9 rings (SSSR count). The third-order valence-electron chi connectivity index (χ3n) is 12.5. The van der Waals surface area contributed by atoms with Gasteiger partial charge in [-0.15, -0.1) is 0 Å². The minimum Gasteiger partial charge on any atom is -0.457 e. The molecule has 6 heteroatoms. The molecule has 0 saturated carbocycles. The van der Waals surface area contributed by atoms with Crippen LogP contribution in [0.3, 0.4) is 0 Å². The molecule has 1 aliphatic heterocycles. The van der Waals surface area contributed by atoms with E-state index < -0.39 is 0 Å². The summed E-state index contributed by atoms with van der Waals surface area (Å²) in [6.07, 6.45) is 1.83. The van der Waals surface area contributed by atoms with Gasteiger partial charge in [-0.2, -0.15) is 0 Å². The van der Waals surface area contributed by atoms with E-state index >= 15 is 0 Å². The largest absolute Gasteiger partial charge is 0.503 e. The molecule has 0 radical (unpaired) electrons. The summed E-state index contributed by atoms with van der Waals surface area (Å²) in [5, 5.41) is 1.94. The quantitative estimate of drug-likeness (QED) is 0.156. The molecule has 0 N–H and O–H groups in total. The Morgan fingerprint density at radius 2 is 1.12 bits per heavy atom. The number of ether oxygens (including phenoxy) is 1. The van der Waals surface area contributed by atoms with E-state index in [2.05, 4.69) is 183 Å². The fourth-order valence-corrected chi connectivity index (χ4v) is 8.64. The van der Waals surface area contributed by atoms with E-state index in [4.69, 9.17) is 9.72 Å². The van der Waals surface area contributed by atoms with E-state index in [-0.39, 0.29) is 27.5 Å². The van der Waals surface area contributed by atoms with Gasteiger partial charge >= 0.3 is 11.7 Å². The van der Waals surface area contributed by atoms with Crippen molar-refractivity contribution in [2.24, 2.45) is 0 Å². The van der Waals surface area contributed by atoms with Gasteiger partial charge in [-0.1, -0.05) is 126 Å². The van der Waals surface area contributed by atoms with E-state index in [9.17, 15) is 4.39 Å². The Labute approximate surface area is 377 Å². The zero-order chi connectivity index (χ0) is 45.5. The van der Waals surface area contributed by atoms with Crippen LogP contribution in [0.5, 0.6) is 11.5 Å². The molecule has 8 aromatic rings. The number of rotatable bonds is 6. The summed E-state index contributed by atoms with van der Waals surface area (Å²) >= 11 is 0. The minimum atomic E-state index is -0.297. The number of nitrogens with zero attached hydrogens (tertiary/aromatic N) is 4. The standard InChI is InChI=1S/C58H59FN4O/c1-55(2,3)38-17-13-16-37(28-38)47-20-15-21-50-54(47)62(44-30-40(57(7,8)9)29-41(31-44)58(10,11)12)36-61(50)43-18-14-19-45(34-43)64-46-23-25-49-48-24-22-42(59)33-51(48)63(52(49)35-46)53-32-39(26-27-60-53)56(4,5)6/h13-35H,1-12H3/q+2. The number of benzene rings is 6. The van der Waals surface area contributed by atoms with Crippen LogP contribution < -0.4 is 13.9 Å². The molecule has 0 bridgehead atoms. The van der Waals surface area contributed by atoms with Crippen molar-refractivity contribution in [3.05, 3.63) is 168 Å². The van der Waals surface area contributed by atoms with Crippen molar-refractivity contribution < 1.29 is 9.13 Å².